The van der Waals surface area contributed by atoms with Gasteiger partial charge in [0.25, 0.3) is 15.9 Å². The second-order valence-electron chi connectivity index (χ2n) is 6.48. The molecule has 0 saturated carbocycles. The van der Waals surface area contributed by atoms with Crippen LogP contribution in [0, 0.1) is 6.92 Å². The Balaban J connectivity index is 1.46. The van der Waals surface area contributed by atoms with Gasteiger partial charge >= 0.3 is 0 Å². The van der Waals surface area contributed by atoms with Gasteiger partial charge in [-0.15, -0.1) is 4.83 Å². The van der Waals surface area contributed by atoms with Crippen molar-refractivity contribution >= 4 is 26.7 Å². The molecule has 3 aromatic rings. The fourth-order valence-corrected chi connectivity index (χ4v) is 3.98. The Morgan fingerprint density at radius 2 is 1.78 bits per heavy atom. The summed E-state index contributed by atoms with van der Waals surface area (Å²) in [5.74, 6) is 0.112. The molecule has 0 aliphatic carbocycles. The maximum atomic E-state index is 12.4. The van der Waals surface area contributed by atoms with Crippen LogP contribution in [0.15, 0.2) is 65.6 Å². The molecule has 7 heteroatoms. The Morgan fingerprint density at radius 1 is 1.04 bits per heavy atom. The lowest BCUT2D eigenvalue weighted by molar-refractivity contribution is -0.127. The van der Waals surface area contributed by atoms with Crippen molar-refractivity contribution in [3.05, 3.63) is 71.8 Å². The molecule has 0 fully saturated rings. The van der Waals surface area contributed by atoms with E-state index in [-0.39, 0.29) is 4.90 Å². The molecule has 0 spiro atoms. The van der Waals surface area contributed by atoms with Crippen LogP contribution in [-0.2, 0) is 21.2 Å². The second kappa shape index (κ2) is 6.68. The molecule has 27 heavy (non-hydrogen) atoms. The number of rotatable bonds is 4. The quantitative estimate of drug-likeness (QED) is 0.679. The van der Waals surface area contributed by atoms with Crippen LogP contribution in [0.2, 0.25) is 0 Å². The van der Waals surface area contributed by atoms with Gasteiger partial charge in [0.15, 0.2) is 6.10 Å². The predicted molar refractivity (Wildman–Crippen MR) is 102 cm³/mol. The monoisotopic (exact) mass is 382 g/mol. The number of fused-ring (bicyclic) bond motifs is 3. The van der Waals surface area contributed by atoms with Crippen LogP contribution in [0.5, 0.6) is 5.75 Å². The molecular formula is C20H18N2O4S. The number of benzene rings is 3. The third-order valence-electron chi connectivity index (χ3n) is 4.59. The third kappa shape index (κ3) is 3.39. The molecule has 0 saturated heterocycles. The van der Waals surface area contributed by atoms with Crippen LogP contribution in [0.25, 0.3) is 10.8 Å². The normalized spacial score (nSPS) is 16.0. The van der Waals surface area contributed by atoms with Gasteiger partial charge in [-0.2, -0.15) is 0 Å². The van der Waals surface area contributed by atoms with Gasteiger partial charge in [0.2, 0.25) is 0 Å². The average Bonchev–Trinajstić information content (AvgIpc) is 3.11. The highest BCUT2D eigenvalue weighted by molar-refractivity contribution is 7.89. The Morgan fingerprint density at radius 3 is 2.56 bits per heavy atom. The van der Waals surface area contributed by atoms with Gasteiger partial charge in [0, 0.05) is 12.0 Å². The Bertz CT molecular complexity index is 1120. The maximum absolute atomic E-state index is 12.4. The van der Waals surface area contributed by atoms with Gasteiger partial charge in [0.1, 0.15) is 5.75 Å². The highest BCUT2D eigenvalue weighted by Crippen LogP contribution is 2.35. The molecular weight excluding hydrogens is 364 g/mol. The number of carbonyl (C=O) groups excluding carboxylic acids is 1. The highest BCUT2D eigenvalue weighted by atomic mass is 32.2. The largest absolute Gasteiger partial charge is 0.480 e. The summed E-state index contributed by atoms with van der Waals surface area (Å²) in [7, 11) is -3.84. The fourth-order valence-electron chi connectivity index (χ4n) is 3.14. The Hall–Kier alpha value is -2.90. The standard InChI is InChI=1S/C20H18N2O4S/c1-13-6-9-15(10-7-13)27(24,25)22-21-20(23)19-12-17-16-5-3-2-4-14(16)8-11-18(17)26-19/h2-11,19,22H,12H2,1H3,(H,21,23)/t19-/m0/s1. The minimum atomic E-state index is -3.84. The summed E-state index contributed by atoms with van der Waals surface area (Å²) in [5, 5.41) is 2.10. The van der Waals surface area contributed by atoms with E-state index >= 15 is 0 Å². The number of hydrogen-bond donors (Lipinski definition) is 2. The zero-order valence-electron chi connectivity index (χ0n) is 14.6. The number of ether oxygens (including phenoxy) is 1. The van der Waals surface area contributed by atoms with Crippen molar-refractivity contribution in [1.82, 2.24) is 10.3 Å². The molecule has 0 unspecified atom stereocenters. The topological polar surface area (TPSA) is 84.5 Å². The van der Waals surface area contributed by atoms with Gasteiger partial charge in [0.05, 0.1) is 4.90 Å². The van der Waals surface area contributed by atoms with E-state index in [4.69, 9.17) is 4.74 Å². The summed E-state index contributed by atoms with van der Waals surface area (Å²) < 4.78 is 30.3. The molecule has 2 N–H and O–H groups in total. The van der Waals surface area contributed by atoms with Crippen LogP contribution < -0.4 is 15.0 Å². The molecule has 1 atom stereocenters. The minimum absolute atomic E-state index is 0.0787. The van der Waals surface area contributed by atoms with Crippen LogP contribution in [0.4, 0.5) is 0 Å². The van der Waals surface area contributed by atoms with E-state index in [0.29, 0.717) is 12.2 Å². The first kappa shape index (κ1) is 17.5. The summed E-state index contributed by atoms with van der Waals surface area (Å²) in [6.07, 6.45) is -0.402. The number of nitrogens with one attached hydrogen (secondary N) is 2. The zero-order valence-corrected chi connectivity index (χ0v) is 15.4. The Labute approximate surface area is 157 Å². The lowest BCUT2D eigenvalue weighted by Crippen LogP contribution is -2.47. The van der Waals surface area contributed by atoms with E-state index in [1.807, 2.05) is 43.3 Å². The lowest BCUT2D eigenvalue weighted by Gasteiger charge is -2.12. The summed E-state index contributed by atoms with van der Waals surface area (Å²) >= 11 is 0. The van der Waals surface area contributed by atoms with Crippen molar-refractivity contribution in [3.8, 4) is 5.75 Å². The van der Waals surface area contributed by atoms with Gasteiger partial charge < -0.3 is 4.74 Å². The molecule has 4 rings (SSSR count). The summed E-state index contributed by atoms with van der Waals surface area (Å²) in [5.41, 5.74) is 4.16. The van der Waals surface area contributed by atoms with Gasteiger partial charge in [-0.3, -0.25) is 10.2 Å². The summed E-state index contributed by atoms with van der Waals surface area (Å²) in [6.45, 7) is 1.87. The molecule has 0 aromatic heterocycles. The first-order valence-corrected chi connectivity index (χ1v) is 9.98. The van der Waals surface area contributed by atoms with E-state index in [9.17, 15) is 13.2 Å². The van der Waals surface area contributed by atoms with Crippen molar-refractivity contribution < 1.29 is 17.9 Å². The maximum Gasteiger partial charge on any atom is 0.276 e. The number of amides is 1. The molecule has 0 bridgehead atoms. The van der Waals surface area contributed by atoms with E-state index in [1.165, 1.54) is 12.1 Å². The van der Waals surface area contributed by atoms with Crippen LogP contribution in [-0.4, -0.2) is 20.4 Å². The molecule has 1 aliphatic rings. The molecule has 1 heterocycles. The minimum Gasteiger partial charge on any atom is -0.480 e. The van der Waals surface area contributed by atoms with E-state index < -0.39 is 22.0 Å². The van der Waals surface area contributed by atoms with Crippen molar-refractivity contribution in [3.63, 3.8) is 0 Å². The number of sulfonamides is 1. The van der Waals surface area contributed by atoms with Crippen LogP contribution in [0.3, 0.4) is 0 Å². The zero-order chi connectivity index (χ0) is 19.0. The lowest BCUT2D eigenvalue weighted by atomic mass is 10.0. The molecule has 1 aliphatic heterocycles. The predicted octanol–water partition coefficient (Wildman–Crippen LogP) is 2.46. The molecule has 6 nitrogen and oxygen atoms in total. The number of carbonyl (C=O) groups is 1. The Kier molecular flexibility index (Phi) is 4.33. The average molecular weight is 382 g/mol. The summed E-state index contributed by atoms with van der Waals surface area (Å²) in [6, 6.07) is 18.0. The third-order valence-corrected chi connectivity index (χ3v) is 5.85. The summed E-state index contributed by atoms with van der Waals surface area (Å²) in [4.78, 5) is 14.6. The fraction of sp³-hybridized carbons (Fsp3) is 0.150. The van der Waals surface area contributed by atoms with Crippen molar-refractivity contribution in [2.24, 2.45) is 0 Å². The molecule has 3 aromatic carbocycles. The molecule has 0 radical (unpaired) electrons. The first-order valence-electron chi connectivity index (χ1n) is 8.50. The molecule has 1 amide bonds. The van der Waals surface area contributed by atoms with Crippen LogP contribution in [0.1, 0.15) is 11.1 Å². The SMILES string of the molecule is Cc1ccc(S(=O)(=O)NNC(=O)[C@@H]2Cc3c(ccc4ccccc34)O2)cc1. The van der Waals surface area contributed by atoms with Gasteiger partial charge in [-0.05, 0) is 35.9 Å². The van der Waals surface area contributed by atoms with E-state index in [2.05, 4.69) is 10.3 Å². The van der Waals surface area contributed by atoms with Crippen molar-refractivity contribution in [2.45, 2.75) is 24.3 Å². The molecule has 138 valence electrons. The van der Waals surface area contributed by atoms with E-state index in [0.717, 1.165) is 21.9 Å². The highest BCUT2D eigenvalue weighted by Gasteiger charge is 2.31. The van der Waals surface area contributed by atoms with Crippen LogP contribution >= 0.6 is 0 Å². The number of hydrazine groups is 1. The number of aryl methyl sites for hydroxylation is 1. The van der Waals surface area contributed by atoms with E-state index in [1.54, 1.807) is 12.1 Å². The second-order valence-corrected chi connectivity index (χ2v) is 8.16. The first-order chi connectivity index (χ1) is 12.9. The van der Waals surface area contributed by atoms with Gasteiger partial charge in [-0.1, -0.05) is 48.0 Å². The van der Waals surface area contributed by atoms with Gasteiger partial charge in [-0.25, -0.2) is 8.42 Å². The smallest absolute Gasteiger partial charge is 0.276 e. The van der Waals surface area contributed by atoms with Crippen molar-refractivity contribution in [1.29, 1.82) is 0 Å². The number of hydrogen-bond acceptors (Lipinski definition) is 4. The van der Waals surface area contributed by atoms with Crippen molar-refractivity contribution in [2.75, 3.05) is 0 Å².